The Labute approximate surface area is 260 Å². The zero-order valence-electron chi connectivity index (χ0n) is 24.4. The lowest BCUT2D eigenvalue weighted by Gasteiger charge is -2.35. The number of aliphatic hydroxyl groups is 1. The van der Waals surface area contributed by atoms with Gasteiger partial charge in [0.1, 0.15) is 11.8 Å². The molecule has 0 radical (unpaired) electrons. The van der Waals surface area contributed by atoms with Gasteiger partial charge in [-0.15, -0.1) is 11.8 Å². The number of nitrogens with one attached hydrogen (secondary N) is 2. The Hall–Kier alpha value is -2.56. The van der Waals surface area contributed by atoms with Gasteiger partial charge in [-0.3, -0.25) is 14.4 Å². The molecule has 1 spiro atoms. The molecule has 0 aliphatic carbocycles. The predicted molar refractivity (Wildman–Crippen MR) is 170 cm³/mol. The molecule has 3 unspecified atom stereocenters. The minimum Gasteiger partial charge on any atom is -0.494 e. The Morgan fingerprint density at radius 3 is 2.52 bits per heavy atom. The number of rotatable bonds is 12. The molecule has 3 aliphatic rings. The number of unbranched alkanes of at least 4 members (excludes halogenated alkanes) is 3. The second-order valence-corrected chi connectivity index (χ2v) is 14.3. The van der Waals surface area contributed by atoms with Gasteiger partial charge in [0.15, 0.2) is 0 Å². The third kappa shape index (κ3) is 5.82. The standard InChI is InChI=1S/C32H40BrN3O5S/c1-4-41-22-13-11-21(12-14-22)34-29(38)25-26-31(40)36(15-7-5-6-8-16-37)28(32(26)18-23(33)27(25)42-32)30(39)35-24-17-19(2)9-10-20(24)3/h9-14,17,23,25-28,37H,4-8,15-16,18H2,1-3H3,(H,34,38)(H,35,39)/t23?,25-,26-,27-,28?,32?/m0/s1. The van der Waals surface area contributed by atoms with Crippen LogP contribution in [0, 0.1) is 25.7 Å². The Morgan fingerprint density at radius 2 is 1.81 bits per heavy atom. The van der Waals surface area contributed by atoms with Crippen LogP contribution in [0.4, 0.5) is 11.4 Å². The molecule has 2 bridgehead atoms. The van der Waals surface area contributed by atoms with Crippen molar-refractivity contribution in [2.75, 3.05) is 30.4 Å². The van der Waals surface area contributed by atoms with Gasteiger partial charge in [-0.25, -0.2) is 0 Å². The van der Waals surface area contributed by atoms with Crippen molar-refractivity contribution in [2.45, 2.75) is 73.7 Å². The van der Waals surface area contributed by atoms with E-state index in [-0.39, 0.29) is 34.4 Å². The first-order valence-corrected chi connectivity index (χ1v) is 16.6. The van der Waals surface area contributed by atoms with Crippen LogP contribution in [0.5, 0.6) is 5.75 Å². The van der Waals surface area contributed by atoms with Gasteiger partial charge in [0, 0.05) is 34.6 Å². The summed E-state index contributed by atoms with van der Waals surface area (Å²) in [4.78, 5) is 44.0. The summed E-state index contributed by atoms with van der Waals surface area (Å²) in [6.45, 7) is 7.01. The van der Waals surface area contributed by atoms with Crippen LogP contribution in [0.3, 0.4) is 0 Å². The molecule has 3 aliphatic heterocycles. The zero-order chi connectivity index (χ0) is 30.0. The number of likely N-dealkylation sites (tertiary alicyclic amines) is 1. The summed E-state index contributed by atoms with van der Waals surface area (Å²) in [6, 6.07) is 12.5. The number of carbonyl (C=O) groups excluding carboxylic acids is 3. The minimum atomic E-state index is -0.705. The molecule has 2 aromatic carbocycles. The first kappa shape index (κ1) is 30.9. The van der Waals surface area contributed by atoms with Gasteiger partial charge in [-0.1, -0.05) is 40.9 Å². The van der Waals surface area contributed by atoms with Crippen LogP contribution in [-0.4, -0.2) is 68.4 Å². The molecule has 8 nitrogen and oxygen atoms in total. The smallest absolute Gasteiger partial charge is 0.248 e. The SMILES string of the molecule is CCOc1ccc(NC(=O)[C@H]2[C@H]3C(=O)N(CCCCCCO)C(C(=O)Nc4cc(C)ccc4C)C34CC(Br)[C@@H]2S4)cc1. The second kappa shape index (κ2) is 13.0. The monoisotopic (exact) mass is 657 g/mol. The van der Waals surface area contributed by atoms with E-state index in [9.17, 15) is 19.5 Å². The molecule has 3 amide bonds. The quantitative estimate of drug-likeness (QED) is 0.211. The Balaban J connectivity index is 1.43. The van der Waals surface area contributed by atoms with Gasteiger partial charge in [0.25, 0.3) is 0 Å². The van der Waals surface area contributed by atoms with Crippen LogP contribution in [0.2, 0.25) is 0 Å². The van der Waals surface area contributed by atoms with Crippen molar-refractivity contribution < 1.29 is 24.2 Å². The molecular weight excluding hydrogens is 618 g/mol. The molecule has 2 aromatic rings. The van der Waals surface area contributed by atoms with Crippen LogP contribution in [0.15, 0.2) is 42.5 Å². The molecule has 3 N–H and O–H groups in total. The van der Waals surface area contributed by atoms with Crippen LogP contribution in [-0.2, 0) is 14.4 Å². The summed E-state index contributed by atoms with van der Waals surface area (Å²) in [6.07, 6.45) is 3.80. The molecule has 3 heterocycles. The number of aliphatic hydroxyl groups excluding tert-OH is 1. The maximum Gasteiger partial charge on any atom is 0.248 e. The number of halogens is 1. The fraction of sp³-hybridized carbons (Fsp3) is 0.531. The summed E-state index contributed by atoms with van der Waals surface area (Å²) < 4.78 is 4.82. The molecule has 10 heteroatoms. The number of hydrogen-bond donors (Lipinski definition) is 3. The van der Waals surface area contributed by atoms with E-state index in [1.54, 1.807) is 28.8 Å². The lowest BCUT2D eigenvalue weighted by molar-refractivity contribution is -0.138. The number of ether oxygens (including phenoxy) is 1. The van der Waals surface area contributed by atoms with E-state index in [4.69, 9.17) is 4.74 Å². The van der Waals surface area contributed by atoms with E-state index in [0.717, 1.165) is 41.8 Å². The number of nitrogens with zero attached hydrogens (tertiary/aromatic N) is 1. The minimum absolute atomic E-state index is 0.00291. The topological polar surface area (TPSA) is 108 Å². The van der Waals surface area contributed by atoms with Crippen molar-refractivity contribution in [2.24, 2.45) is 11.8 Å². The van der Waals surface area contributed by atoms with E-state index in [0.29, 0.717) is 31.7 Å². The predicted octanol–water partition coefficient (Wildman–Crippen LogP) is 5.30. The fourth-order valence-corrected chi connectivity index (χ4v) is 10.4. The third-order valence-electron chi connectivity index (χ3n) is 8.73. The number of benzene rings is 2. The molecule has 0 aromatic heterocycles. The van der Waals surface area contributed by atoms with E-state index < -0.39 is 22.6 Å². The van der Waals surface area contributed by atoms with Crippen molar-refractivity contribution in [3.05, 3.63) is 53.6 Å². The van der Waals surface area contributed by atoms with Gasteiger partial charge in [-0.05, 0) is 81.5 Å². The summed E-state index contributed by atoms with van der Waals surface area (Å²) in [5.74, 6) is -0.934. The Bertz CT molecular complexity index is 1320. The van der Waals surface area contributed by atoms with E-state index >= 15 is 0 Å². The largest absolute Gasteiger partial charge is 0.494 e. The number of amides is 3. The molecule has 6 atom stereocenters. The maximum atomic E-state index is 14.3. The van der Waals surface area contributed by atoms with Crippen LogP contribution >= 0.6 is 27.7 Å². The van der Waals surface area contributed by atoms with Crippen molar-refractivity contribution in [3.8, 4) is 5.75 Å². The summed E-state index contributed by atoms with van der Waals surface area (Å²) >= 11 is 5.47. The lowest BCUT2D eigenvalue weighted by atomic mass is 9.70. The third-order valence-corrected chi connectivity index (χ3v) is 12.0. The van der Waals surface area contributed by atoms with Crippen LogP contribution in [0.1, 0.15) is 50.2 Å². The fourth-order valence-electron chi connectivity index (χ4n) is 6.82. The molecule has 226 valence electrons. The van der Waals surface area contributed by atoms with Gasteiger partial charge in [-0.2, -0.15) is 0 Å². The second-order valence-electron chi connectivity index (χ2n) is 11.6. The summed E-state index contributed by atoms with van der Waals surface area (Å²) in [7, 11) is 0. The lowest BCUT2D eigenvalue weighted by Crippen LogP contribution is -2.52. The molecule has 3 fully saturated rings. The highest BCUT2D eigenvalue weighted by molar-refractivity contribution is 9.09. The summed E-state index contributed by atoms with van der Waals surface area (Å²) in [5.41, 5.74) is 3.38. The Morgan fingerprint density at radius 1 is 1.07 bits per heavy atom. The van der Waals surface area contributed by atoms with Gasteiger partial charge in [0.2, 0.25) is 17.7 Å². The van der Waals surface area contributed by atoms with Gasteiger partial charge < -0.3 is 25.4 Å². The van der Waals surface area contributed by atoms with E-state index in [1.165, 1.54) is 0 Å². The number of alkyl halides is 1. The maximum absolute atomic E-state index is 14.3. The van der Waals surface area contributed by atoms with Crippen molar-refractivity contribution in [1.82, 2.24) is 4.90 Å². The van der Waals surface area contributed by atoms with Crippen LogP contribution < -0.4 is 15.4 Å². The highest BCUT2D eigenvalue weighted by Crippen LogP contribution is 2.67. The zero-order valence-corrected chi connectivity index (χ0v) is 26.8. The number of aryl methyl sites for hydroxylation is 2. The van der Waals surface area contributed by atoms with Crippen molar-refractivity contribution >= 4 is 56.8 Å². The summed E-state index contributed by atoms with van der Waals surface area (Å²) in [5, 5.41) is 15.3. The molecular formula is C32H40BrN3O5S. The number of fused-ring (bicyclic) bond motifs is 1. The number of carbonyl (C=O) groups is 3. The number of hydrogen-bond acceptors (Lipinski definition) is 6. The molecule has 42 heavy (non-hydrogen) atoms. The number of anilines is 2. The molecule has 3 saturated heterocycles. The van der Waals surface area contributed by atoms with Crippen molar-refractivity contribution in [3.63, 3.8) is 0 Å². The normalized spacial score (nSPS) is 27.7. The van der Waals surface area contributed by atoms with Gasteiger partial charge >= 0.3 is 0 Å². The van der Waals surface area contributed by atoms with Gasteiger partial charge in [0.05, 0.1) is 23.2 Å². The number of thioether (sulfide) groups is 1. The first-order valence-electron chi connectivity index (χ1n) is 14.8. The van der Waals surface area contributed by atoms with Crippen LogP contribution in [0.25, 0.3) is 0 Å². The molecule has 5 rings (SSSR count). The average Bonchev–Trinajstić information content (AvgIpc) is 3.55. The first-order chi connectivity index (χ1) is 20.2. The van der Waals surface area contributed by atoms with E-state index in [1.807, 2.05) is 51.1 Å². The van der Waals surface area contributed by atoms with Crippen molar-refractivity contribution in [1.29, 1.82) is 0 Å². The highest BCUT2D eigenvalue weighted by Gasteiger charge is 2.75. The Kier molecular flexibility index (Phi) is 9.54. The average molecular weight is 659 g/mol. The highest BCUT2D eigenvalue weighted by atomic mass is 79.9. The van der Waals surface area contributed by atoms with E-state index in [2.05, 4.69) is 26.6 Å². The molecule has 0 saturated carbocycles.